The minimum absolute atomic E-state index is 0.0846. The van der Waals surface area contributed by atoms with Crippen LogP contribution in [0.2, 0.25) is 0 Å². The number of para-hydroxylation sites is 2. The minimum atomic E-state index is -0.451. The molecule has 0 aliphatic rings. The molecular formula is C23H18N2O3. The first-order valence-electron chi connectivity index (χ1n) is 8.84. The molecule has 1 aromatic heterocycles. The number of hydrogen-bond acceptors (Lipinski definition) is 4. The van der Waals surface area contributed by atoms with E-state index >= 15 is 0 Å². The highest BCUT2D eigenvalue weighted by molar-refractivity contribution is 5.98. The Labute approximate surface area is 161 Å². The summed E-state index contributed by atoms with van der Waals surface area (Å²) in [6, 6.07) is 23.8. The lowest BCUT2D eigenvalue weighted by Crippen LogP contribution is -2.12. The molecule has 2 N–H and O–H groups in total. The number of aromatic nitrogens is 1. The normalized spacial score (nSPS) is 10.6. The second-order valence-corrected chi connectivity index (χ2v) is 6.28. The van der Waals surface area contributed by atoms with Crippen LogP contribution in [0.4, 0.5) is 11.5 Å². The molecule has 3 aromatic carbocycles. The third kappa shape index (κ3) is 3.14. The molecule has 4 rings (SSSR count). The number of benzene rings is 3. The predicted octanol–water partition coefficient (Wildman–Crippen LogP) is 4.73. The van der Waals surface area contributed by atoms with Crippen molar-refractivity contribution < 1.29 is 9.53 Å². The smallest absolute Gasteiger partial charge is 0.339 e. The number of nitrogens with one attached hydrogen (secondary N) is 2. The SMILES string of the molecule is COC(=O)c1ccccc1Nc1[nH]c2ccccc2c(=O)c1-c1ccccc1. The van der Waals surface area contributed by atoms with E-state index in [1.165, 1.54) is 7.11 Å². The molecule has 28 heavy (non-hydrogen) atoms. The Morgan fingerprint density at radius 1 is 0.893 bits per heavy atom. The van der Waals surface area contributed by atoms with Crippen LogP contribution in [0.1, 0.15) is 10.4 Å². The number of pyridine rings is 1. The molecule has 0 fully saturated rings. The summed E-state index contributed by atoms with van der Waals surface area (Å²) in [5.74, 6) is 0.0683. The molecule has 0 saturated heterocycles. The maximum Gasteiger partial charge on any atom is 0.339 e. The number of methoxy groups -OCH3 is 1. The van der Waals surface area contributed by atoms with Crippen molar-refractivity contribution >= 4 is 28.4 Å². The van der Waals surface area contributed by atoms with E-state index in [1.807, 2.05) is 54.6 Å². The Morgan fingerprint density at radius 2 is 1.57 bits per heavy atom. The molecule has 0 spiro atoms. The van der Waals surface area contributed by atoms with Gasteiger partial charge in [0.15, 0.2) is 5.43 Å². The van der Waals surface area contributed by atoms with Gasteiger partial charge < -0.3 is 15.0 Å². The summed E-state index contributed by atoms with van der Waals surface area (Å²) in [5, 5.41) is 3.84. The molecule has 0 saturated carbocycles. The second-order valence-electron chi connectivity index (χ2n) is 6.28. The quantitative estimate of drug-likeness (QED) is 0.510. The van der Waals surface area contributed by atoms with E-state index in [9.17, 15) is 9.59 Å². The molecule has 5 nitrogen and oxygen atoms in total. The number of hydrogen-bond donors (Lipinski definition) is 2. The first kappa shape index (κ1) is 17.5. The van der Waals surface area contributed by atoms with Crippen LogP contribution < -0.4 is 10.7 Å². The zero-order valence-electron chi connectivity index (χ0n) is 15.2. The van der Waals surface area contributed by atoms with E-state index in [2.05, 4.69) is 10.3 Å². The lowest BCUT2D eigenvalue weighted by molar-refractivity contribution is 0.0602. The number of anilines is 2. The number of esters is 1. The molecule has 0 unspecified atom stereocenters. The first-order chi connectivity index (χ1) is 13.7. The van der Waals surface area contributed by atoms with Crippen molar-refractivity contribution in [1.82, 2.24) is 4.98 Å². The van der Waals surface area contributed by atoms with Gasteiger partial charge in [0.25, 0.3) is 0 Å². The van der Waals surface area contributed by atoms with Crippen molar-refractivity contribution in [1.29, 1.82) is 0 Å². The molecular weight excluding hydrogens is 352 g/mol. The van der Waals surface area contributed by atoms with Crippen molar-refractivity contribution in [3.8, 4) is 11.1 Å². The number of aromatic amines is 1. The van der Waals surface area contributed by atoms with Crippen molar-refractivity contribution in [3.05, 3.63) is 94.6 Å². The van der Waals surface area contributed by atoms with E-state index in [1.54, 1.807) is 24.3 Å². The fourth-order valence-corrected chi connectivity index (χ4v) is 3.22. The van der Waals surface area contributed by atoms with Gasteiger partial charge in [-0.1, -0.05) is 54.6 Å². The van der Waals surface area contributed by atoms with Gasteiger partial charge in [-0.05, 0) is 29.8 Å². The van der Waals surface area contributed by atoms with Gasteiger partial charge in [-0.25, -0.2) is 4.79 Å². The van der Waals surface area contributed by atoms with Crippen molar-refractivity contribution in [3.63, 3.8) is 0 Å². The lowest BCUT2D eigenvalue weighted by atomic mass is 10.0. The highest BCUT2D eigenvalue weighted by atomic mass is 16.5. The van der Waals surface area contributed by atoms with Crippen LogP contribution in [0, 0.1) is 0 Å². The van der Waals surface area contributed by atoms with E-state index in [-0.39, 0.29) is 5.43 Å². The molecule has 0 amide bonds. The van der Waals surface area contributed by atoms with E-state index in [0.29, 0.717) is 33.5 Å². The van der Waals surface area contributed by atoms with Gasteiger partial charge in [-0.3, -0.25) is 4.79 Å². The summed E-state index contributed by atoms with van der Waals surface area (Å²) in [5.41, 5.74) is 2.87. The summed E-state index contributed by atoms with van der Waals surface area (Å²) in [6.45, 7) is 0. The Hall–Kier alpha value is -3.86. The standard InChI is InChI=1S/C23H18N2O3/c1-28-23(27)17-12-6-8-14-19(17)25-22-20(15-9-3-2-4-10-15)21(26)16-11-5-7-13-18(16)24-22/h2-14H,1H3,(H2,24,25,26). The third-order valence-corrected chi connectivity index (χ3v) is 4.56. The average molecular weight is 370 g/mol. The van der Waals surface area contributed by atoms with E-state index in [0.717, 1.165) is 5.56 Å². The molecule has 1 heterocycles. The summed E-state index contributed by atoms with van der Waals surface area (Å²) in [7, 11) is 1.34. The number of carbonyl (C=O) groups excluding carboxylic acids is 1. The number of carbonyl (C=O) groups is 1. The van der Waals surface area contributed by atoms with Gasteiger partial charge in [0.05, 0.1) is 29.4 Å². The number of fused-ring (bicyclic) bond motifs is 1. The van der Waals surface area contributed by atoms with Gasteiger partial charge in [0, 0.05) is 5.39 Å². The predicted molar refractivity (Wildman–Crippen MR) is 111 cm³/mol. The molecule has 0 atom stereocenters. The zero-order valence-corrected chi connectivity index (χ0v) is 15.2. The van der Waals surface area contributed by atoms with Crippen molar-refractivity contribution in [2.24, 2.45) is 0 Å². The Morgan fingerprint density at radius 3 is 2.36 bits per heavy atom. The molecule has 0 aliphatic carbocycles. The Bertz CT molecular complexity index is 1210. The van der Waals surface area contributed by atoms with Crippen molar-refractivity contribution in [2.75, 3.05) is 12.4 Å². The molecule has 138 valence electrons. The number of rotatable bonds is 4. The monoisotopic (exact) mass is 370 g/mol. The largest absolute Gasteiger partial charge is 0.465 e. The molecule has 0 bridgehead atoms. The maximum absolute atomic E-state index is 13.3. The van der Waals surface area contributed by atoms with Gasteiger partial charge in [-0.15, -0.1) is 0 Å². The molecule has 0 aliphatic heterocycles. The number of H-pyrrole nitrogens is 1. The highest BCUT2D eigenvalue weighted by Crippen LogP contribution is 2.29. The lowest BCUT2D eigenvalue weighted by Gasteiger charge is -2.15. The highest BCUT2D eigenvalue weighted by Gasteiger charge is 2.17. The van der Waals surface area contributed by atoms with Crippen LogP contribution in [0.5, 0.6) is 0 Å². The van der Waals surface area contributed by atoms with Crippen LogP contribution in [0.3, 0.4) is 0 Å². The van der Waals surface area contributed by atoms with Gasteiger partial charge in [0.2, 0.25) is 0 Å². The molecule has 4 aromatic rings. The van der Waals surface area contributed by atoms with E-state index < -0.39 is 5.97 Å². The summed E-state index contributed by atoms with van der Waals surface area (Å²) in [4.78, 5) is 28.7. The minimum Gasteiger partial charge on any atom is -0.465 e. The van der Waals surface area contributed by atoms with Crippen molar-refractivity contribution in [2.45, 2.75) is 0 Å². The maximum atomic E-state index is 13.3. The molecule has 0 radical (unpaired) electrons. The second kappa shape index (κ2) is 7.40. The first-order valence-corrected chi connectivity index (χ1v) is 8.84. The van der Waals surface area contributed by atoms with Gasteiger partial charge in [-0.2, -0.15) is 0 Å². The Balaban J connectivity index is 1.95. The van der Waals surface area contributed by atoms with E-state index in [4.69, 9.17) is 4.74 Å². The van der Waals surface area contributed by atoms with Crippen LogP contribution in [0.15, 0.2) is 83.7 Å². The molecule has 5 heteroatoms. The fraction of sp³-hybridized carbons (Fsp3) is 0.0435. The van der Waals surface area contributed by atoms with Gasteiger partial charge >= 0.3 is 5.97 Å². The Kier molecular flexibility index (Phi) is 4.64. The summed E-state index contributed by atoms with van der Waals surface area (Å²) in [6.07, 6.45) is 0. The van der Waals surface area contributed by atoms with Gasteiger partial charge in [0.1, 0.15) is 5.82 Å². The average Bonchev–Trinajstić information content (AvgIpc) is 2.74. The van der Waals surface area contributed by atoms with Crippen LogP contribution in [-0.4, -0.2) is 18.1 Å². The summed E-state index contributed by atoms with van der Waals surface area (Å²) < 4.78 is 4.87. The topological polar surface area (TPSA) is 71.2 Å². The van der Waals surface area contributed by atoms with Crippen LogP contribution >= 0.6 is 0 Å². The number of ether oxygens (including phenoxy) is 1. The third-order valence-electron chi connectivity index (χ3n) is 4.56. The zero-order chi connectivity index (χ0) is 19.5. The van der Waals surface area contributed by atoms with Crippen LogP contribution in [0.25, 0.3) is 22.0 Å². The fourth-order valence-electron chi connectivity index (χ4n) is 3.22. The van der Waals surface area contributed by atoms with Crippen LogP contribution in [-0.2, 0) is 4.74 Å². The summed E-state index contributed by atoms with van der Waals surface area (Å²) >= 11 is 0.